The molecule has 3 heterocycles. The molecule has 1 saturated heterocycles. The van der Waals surface area contributed by atoms with E-state index in [9.17, 15) is 9.90 Å². The van der Waals surface area contributed by atoms with E-state index in [2.05, 4.69) is 66.3 Å². The number of carboxylic acid groups (broad SMARTS) is 1. The van der Waals surface area contributed by atoms with Gasteiger partial charge in [0.1, 0.15) is 30.5 Å². The van der Waals surface area contributed by atoms with Gasteiger partial charge in [-0.05, 0) is 55.8 Å². The molecular weight excluding hydrogens is 518 g/mol. The van der Waals surface area contributed by atoms with Crippen LogP contribution in [0.2, 0.25) is 0 Å². The third kappa shape index (κ3) is 5.85. The van der Waals surface area contributed by atoms with Crippen LogP contribution in [-0.2, 0) is 4.79 Å². The third-order valence-corrected chi connectivity index (χ3v) is 8.52. The SMILES string of the molecule is Cc1cc(OCCN2CCN(C)CC2)cc(C)c1-c1cccc2c1OC[C@H]2Nc1ccc2c(c1)OC[C@H]2CC(=O)O. The first-order valence-electron chi connectivity index (χ1n) is 14.5. The fourth-order valence-electron chi connectivity index (χ4n) is 6.31. The molecule has 0 radical (unpaired) electrons. The average Bonchev–Trinajstić information content (AvgIpc) is 3.53. The molecule has 0 aliphatic carbocycles. The van der Waals surface area contributed by atoms with Crippen LogP contribution in [0.1, 0.15) is 40.6 Å². The van der Waals surface area contributed by atoms with Crippen molar-refractivity contribution in [3.63, 3.8) is 0 Å². The van der Waals surface area contributed by atoms with Crippen LogP contribution in [0.15, 0.2) is 48.5 Å². The highest BCUT2D eigenvalue weighted by Gasteiger charge is 2.30. The van der Waals surface area contributed by atoms with E-state index in [0.717, 1.165) is 72.4 Å². The minimum Gasteiger partial charge on any atom is -0.493 e. The maximum absolute atomic E-state index is 11.2. The molecule has 2 atom stereocenters. The first-order chi connectivity index (χ1) is 19.9. The van der Waals surface area contributed by atoms with Crippen molar-refractivity contribution in [2.45, 2.75) is 32.2 Å². The van der Waals surface area contributed by atoms with Crippen LogP contribution in [0.3, 0.4) is 0 Å². The van der Waals surface area contributed by atoms with Crippen molar-refractivity contribution in [1.82, 2.24) is 9.80 Å². The van der Waals surface area contributed by atoms with Crippen LogP contribution in [-0.4, -0.2) is 80.5 Å². The molecule has 3 aliphatic rings. The quantitative estimate of drug-likeness (QED) is 0.376. The second-order valence-electron chi connectivity index (χ2n) is 11.5. The molecule has 0 bridgehead atoms. The zero-order chi connectivity index (χ0) is 28.5. The number of hydrogen-bond acceptors (Lipinski definition) is 7. The number of likely N-dealkylation sites (N-methyl/N-ethyl adjacent to an activating group) is 1. The van der Waals surface area contributed by atoms with Crippen molar-refractivity contribution < 1.29 is 24.1 Å². The molecule has 0 unspecified atom stereocenters. The number of aliphatic carboxylic acids is 1. The van der Waals surface area contributed by atoms with E-state index in [4.69, 9.17) is 14.2 Å². The van der Waals surface area contributed by atoms with Crippen LogP contribution < -0.4 is 19.5 Å². The number of carbonyl (C=O) groups is 1. The zero-order valence-corrected chi connectivity index (χ0v) is 24.1. The predicted octanol–water partition coefficient (Wildman–Crippen LogP) is 5.09. The molecular formula is C33H39N3O5. The summed E-state index contributed by atoms with van der Waals surface area (Å²) >= 11 is 0. The Labute approximate surface area is 241 Å². The smallest absolute Gasteiger partial charge is 0.304 e. The van der Waals surface area contributed by atoms with Crippen molar-refractivity contribution in [1.29, 1.82) is 0 Å². The Kier molecular flexibility index (Phi) is 7.77. The van der Waals surface area contributed by atoms with Gasteiger partial charge in [-0.1, -0.05) is 24.3 Å². The number of aryl methyl sites for hydroxylation is 2. The molecule has 1 fully saturated rings. The summed E-state index contributed by atoms with van der Waals surface area (Å²) in [5, 5.41) is 12.8. The van der Waals surface area contributed by atoms with E-state index in [1.807, 2.05) is 18.2 Å². The molecule has 0 amide bonds. The number of hydrogen-bond donors (Lipinski definition) is 2. The van der Waals surface area contributed by atoms with E-state index in [0.29, 0.717) is 19.8 Å². The van der Waals surface area contributed by atoms with Crippen LogP contribution in [0, 0.1) is 13.8 Å². The first kappa shape index (κ1) is 27.4. The highest BCUT2D eigenvalue weighted by molar-refractivity contribution is 5.79. The number of piperazine rings is 1. The van der Waals surface area contributed by atoms with Gasteiger partial charge in [0, 0.05) is 67.1 Å². The largest absolute Gasteiger partial charge is 0.493 e. The number of benzene rings is 3. The highest BCUT2D eigenvalue weighted by atomic mass is 16.5. The Bertz CT molecular complexity index is 1410. The Morgan fingerprint density at radius 2 is 1.78 bits per heavy atom. The van der Waals surface area contributed by atoms with E-state index in [-0.39, 0.29) is 18.4 Å². The van der Waals surface area contributed by atoms with Crippen molar-refractivity contribution in [3.05, 3.63) is 70.8 Å². The summed E-state index contributed by atoms with van der Waals surface area (Å²) in [7, 11) is 2.18. The van der Waals surface area contributed by atoms with Gasteiger partial charge in [-0.25, -0.2) is 0 Å². The minimum atomic E-state index is -0.807. The Hall–Kier alpha value is -3.75. The maximum atomic E-state index is 11.2. The van der Waals surface area contributed by atoms with E-state index in [1.165, 1.54) is 16.7 Å². The topological polar surface area (TPSA) is 83.5 Å². The third-order valence-electron chi connectivity index (χ3n) is 8.52. The molecule has 0 spiro atoms. The molecule has 216 valence electrons. The van der Waals surface area contributed by atoms with Crippen molar-refractivity contribution >= 4 is 11.7 Å². The van der Waals surface area contributed by atoms with Gasteiger partial charge in [-0.3, -0.25) is 9.69 Å². The fourth-order valence-corrected chi connectivity index (χ4v) is 6.31. The lowest BCUT2D eigenvalue weighted by molar-refractivity contribution is -0.137. The summed E-state index contributed by atoms with van der Waals surface area (Å²) in [5.74, 6) is 1.67. The van der Waals surface area contributed by atoms with Crippen molar-refractivity contribution in [2.75, 3.05) is 64.9 Å². The number of rotatable bonds is 9. The van der Waals surface area contributed by atoms with Gasteiger partial charge in [0.05, 0.1) is 19.1 Å². The lowest BCUT2D eigenvalue weighted by Crippen LogP contribution is -2.45. The molecule has 0 aromatic heterocycles. The van der Waals surface area contributed by atoms with Gasteiger partial charge < -0.3 is 29.5 Å². The monoisotopic (exact) mass is 557 g/mol. The minimum absolute atomic E-state index is 0.00277. The van der Waals surface area contributed by atoms with Gasteiger partial charge in [-0.2, -0.15) is 0 Å². The summed E-state index contributed by atoms with van der Waals surface area (Å²) < 4.78 is 18.3. The summed E-state index contributed by atoms with van der Waals surface area (Å²) in [6.45, 7) is 11.3. The summed E-state index contributed by atoms with van der Waals surface area (Å²) in [6, 6.07) is 16.6. The molecule has 3 aromatic carbocycles. The number of fused-ring (bicyclic) bond motifs is 2. The van der Waals surface area contributed by atoms with Crippen molar-refractivity contribution in [3.8, 4) is 28.4 Å². The lowest BCUT2D eigenvalue weighted by Gasteiger charge is -2.32. The van der Waals surface area contributed by atoms with Gasteiger partial charge >= 0.3 is 5.97 Å². The molecule has 2 N–H and O–H groups in total. The van der Waals surface area contributed by atoms with E-state index >= 15 is 0 Å². The Morgan fingerprint density at radius 1 is 1.00 bits per heavy atom. The normalized spacial score (nSPS) is 20.2. The highest BCUT2D eigenvalue weighted by Crippen LogP contribution is 2.45. The van der Waals surface area contributed by atoms with E-state index in [1.54, 1.807) is 0 Å². The standard InChI is InChI=1S/C33H39N3O5/c1-21-15-25(39-14-13-36-11-9-35(3)10-12-36)16-22(2)32(21)28-6-4-5-27-29(20-41-33(27)28)34-24-7-8-26-23(17-31(37)38)19-40-30(26)18-24/h4-8,15-16,18,23,29,34H,9-14,17,19-20H2,1-3H3,(H,37,38)/t23-,29-/m1/s1. The van der Waals surface area contributed by atoms with Gasteiger partial charge in [0.15, 0.2) is 0 Å². The fraction of sp³-hybridized carbons (Fsp3) is 0.424. The summed E-state index contributed by atoms with van der Waals surface area (Å²) in [4.78, 5) is 16.0. The van der Waals surface area contributed by atoms with E-state index < -0.39 is 5.97 Å². The molecule has 3 aliphatic heterocycles. The number of carboxylic acids is 1. The van der Waals surface area contributed by atoms with Gasteiger partial charge in [-0.15, -0.1) is 0 Å². The second-order valence-corrected chi connectivity index (χ2v) is 11.5. The Balaban J connectivity index is 1.15. The average molecular weight is 558 g/mol. The van der Waals surface area contributed by atoms with Gasteiger partial charge in [0.2, 0.25) is 0 Å². The number of nitrogens with one attached hydrogen (secondary N) is 1. The molecule has 41 heavy (non-hydrogen) atoms. The number of ether oxygens (including phenoxy) is 3. The predicted molar refractivity (Wildman–Crippen MR) is 160 cm³/mol. The van der Waals surface area contributed by atoms with Crippen LogP contribution in [0.25, 0.3) is 11.1 Å². The molecule has 8 nitrogen and oxygen atoms in total. The number of para-hydroxylation sites is 1. The zero-order valence-electron chi connectivity index (χ0n) is 24.1. The van der Waals surface area contributed by atoms with Crippen LogP contribution in [0.5, 0.6) is 17.2 Å². The lowest BCUT2D eigenvalue weighted by atomic mass is 9.92. The van der Waals surface area contributed by atoms with Gasteiger partial charge in [0.25, 0.3) is 0 Å². The Morgan fingerprint density at radius 3 is 2.54 bits per heavy atom. The second kappa shape index (κ2) is 11.6. The molecule has 6 rings (SSSR count). The number of nitrogens with zero attached hydrogens (tertiary/aromatic N) is 2. The first-order valence-corrected chi connectivity index (χ1v) is 14.5. The maximum Gasteiger partial charge on any atom is 0.304 e. The summed E-state index contributed by atoms with van der Waals surface area (Å²) in [5.41, 5.74) is 7.63. The molecule has 0 saturated carbocycles. The van der Waals surface area contributed by atoms with Crippen molar-refractivity contribution in [2.24, 2.45) is 0 Å². The van der Waals surface area contributed by atoms with Crippen LogP contribution in [0.4, 0.5) is 5.69 Å². The van der Waals surface area contributed by atoms with Crippen LogP contribution >= 0.6 is 0 Å². The number of anilines is 1. The molecule has 3 aromatic rings. The molecule has 8 heteroatoms. The summed E-state index contributed by atoms with van der Waals surface area (Å²) in [6.07, 6.45) is 0.0783.